The fourth-order valence-corrected chi connectivity index (χ4v) is 4.35. The summed E-state index contributed by atoms with van der Waals surface area (Å²) in [6, 6.07) is 16.8. The number of alkyl halides is 6. The van der Waals surface area contributed by atoms with Crippen molar-refractivity contribution in [2.45, 2.75) is 44.0 Å². The van der Waals surface area contributed by atoms with Crippen molar-refractivity contribution in [1.82, 2.24) is 4.90 Å². The molecule has 170 valence electrons. The van der Waals surface area contributed by atoms with E-state index in [1.54, 1.807) is 24.3 Å². The highest BCUT2D eigenvalue weighted by atomic mass is 19.4. The normalized spacial score (nSPS) is 21.9. The first kappa shape index (κ1) is 23.6. The molecular weight excluding hydrogens is 416 g/mol. The third kappa shape index (κ3) is 6.25. The SMILES string of the molecule is CN(CCCc1ccc(C2CC(C(F)(F)F)C2C(F)(F)F)cc1)CCc1ccccc1. The summed E-state index contributed by atoms with van der Waals surface area (Å²) in [4.78, 5) is 2.24. The van der Waals surface area contributed by atoms with Crippen LogP contribution < -0.4 is 0 Å². The van der Waals surface area contributed by atoms with Gasteiger partial charge in [0.1, 0.15) is 0 Å². The topological polar surface area (TPSA) is 3.24 Å². The number of aryl methyl sites for hydroxylation is 1. The first-order valence-corrected chi connectivity index (χ1v) is 10.5. The van der Waals surface area contributed by atoms with Gasteiger partial charge in [0.05, 0.1) is 11.8 Å². The Hall–Kier alpha value is -2.02. The molecule has 2 aromatic rings. The van der Waals surface area contributed by atoms with Crippen LogP contribution in [-0.2, 0) is 12.8 Å². The molecule has 1 saturated carbocycles. The van der Waals surface area contributed by atoms with Crippen molar-refractivity contribution in [3.05, 3.63) is 71.3 Å². The molecule has 0 N–H and O–H groups in total. The quantitative estimate of drug-likeness (QED) is 0.414. The number of likely N-dealkylation sites (N-methyl/N-ethyl adjacent to an activating group) is 1. The highest BCUT2D eigenvalue weighted by Crippen LogP contribution is 2.59. The lowest BCUT2D eigenvalue weighted by Crippen LogP contribution is -2.51. The maximum absolute atomic E-state index is 13.2. The fraction of sp³-hybridized carbons (Fsp3) is 0.500. The van der Waals surface area contributed by atoms with Crippen molar-refractivity contribution in [2.24, 2.45) is 11.8 Å². The maximum atomic E-state index is 13.2. The Kier molecular flexibility index (Phi) is 7.35. The Labute approximate surface area is 179 Å². The van der Waals surface area contributed by atoms with Gasteiger partial charge in [0.15, 0.2) is 0 Å². The lowest BCUT2D eigenvalue weighted by molar-refractivity contribution is -0.292. The summed E-state index contributed by atoms with van der Waals surface area (Å²) in [5.41, 5.74) is 2.60. The van der Waals surface area contributed by atoms with Crippen molar-refractivity contribution in [1.29, 1.82) is 0 Å². The summed E-state index contributed by atoms with van der Waals surface area (Å²) in [5, 5.41) is 0. The second-order valence-corrected chi connectivity index (χ2v) is 8.44. The predicted molar refractivity (Wildman–Crippen MR) is 109 cm³/mol. The first-order chi connectivity index (χ1) is 14.6. The molecule has 3 unspecified atom stereocenters. The van der Waals surface area contributed by atoms with Gasteiger partial charge >= 0.3 is 12.4 Å². The Morgan fingerprint density at radius 2 is 1.39 bits per heavy atom. The number of halogens is 6. The molecule has 0 spiro atoms. The zero-order valence-electron chi connectivity index (χ0n) is 17.4. The average Bonchev–Trinajstić information content (AvgIpc) is 2.65. The van der Waals surface area contributed by atoms with Crippen molar-refractivity contribution >= 4 is 0 Å². The minimum Gasteiger partial charge on any atom is -0.306 e. The van der Waals surface area contributed by atoms with E-state index < -0.39 is 36.5 Å². The molecule has 1 nitrogen and oxygen atoms in total. The van der Waals surface area contributed by atoms with Crippen LogP contribution in [0.3, 0.4) is 0 Å². The van der Waals surface area contributed by atoms with Gasteiger partial charge in [-0.25, -0.2) is 0 Å². The van der Waals surface area contributed by atoms with Gasteiger partial charge in [0.25, 0.3) is 0 Å². The Morgan fingerprint density at radius 3 is 1.97 bits per heavy atom. The Bertz CT molecular complexity index is 813. The summed E-state index contributed by atoms with van der Waals surface area (Å²) >= 11 is 0. The molecule has 0 aromatic heterocycles. The number of rotatable bonds is 8. The van der Waals surface area contributed by atoms with Crippen LogP contribution in [-0.4, -0.2) is 37.4 Å². The lowest BCUT2D eigenvalue weighted by Gasteiger charge is -2.46. The molecular formula is C24H27F6N. The number of hydrogen-bond donors (Lipinski definition) is 0. The van der Waals surface area contributed by atoms with E-state index in [-0.39, 0.29) is 0 Å². The van der Waals surface area contributed by atoms with Gasteiger partial charge in [0, 0.05) is 6.54 Å². The number of hydrogen-bond acceptors (Lipinski definition) is 1. The third-order valence-electron chi connectivity index (χ3n) is 6.21. The molecule has 7 heteroatoms. The van der Waals surface area contributed by atoms with Crippen molar-refractivity contribution < 1.29 is 26.3 Å². The van der Waals surface area contributed by atoms with Crippen molar-refractivity contribution in [3.63, 3.8) is 0 Å². The minimum absolute atomic E-state index is 0.339. The zero-order valence-corrected chi connectivity index (χ0v) is 17.4. The molecule has 0 saturated heterocycles. The molecule has 0 bridgehead atoms. The average molecular weight is 443 g/mol. The second-order valence-electron chi connectivity index (χ2n) is 8.44. The van der Waals surface area contributed by atoms with Crippen LogP contribution in [0.5, 0.6) is 0 Å². The first-order valence-electron chi connectivity index (χ1n) is 10.5. The predicted octanol–water partition coefficient (Wildman–Crippen LogP) is 6.64. The van der Waals surface area contributed by atoms with Gasteiger partial charge in [-0.05, 0) is 61.9 Å². The molecule has 2 aromatic carbocycles. The van der Waals surface area contributed by atoms with Crippen LogP contribution >= 0.6 is 0 Å². The lowest BCUT2D eigenvalue weighted by atomic mass is 9.61. The van der Waals surface area contributed by atoms with E-state index in [0.717, 1.165) is 37.9 Å². The highest BCUT2D eigenvalue weighted by Gasteiger charge is 2.64. The van der Waals surface area contributed by atoms with Crippen molar-refractivity contribution in [2.75, 3.05) is 20.1 Å². The second kappa shape index (κ2) is 9.63. The van der Waals surface area contributed by atoms with E-state index in [0.29, 0.717) is 5.56 Å². The molecule has 0 radical (unpaired) electrons. The monoisotopic (exact) mass is 443 g/mol. The van der Waals surface area contributed by atoms with Gasteiger partial charge in [-0.1, -0.05) is 54.6 Å². The Balaban J connectivity index is 1.48. The van der Waals surface area contributed by atoms with E-state index in [1.165, 1.54) is 5.56 Å². The highest BCUT2D eigenvalue weighted by molar-refractivity contribution is 5.29. The van der Waals surface area contributed by atoms with Gasteiger partial charge in [-0.15, -0.1) is 0 Å². The minimum atomic E-state index is -4.86. The van der Waals surface area contributed by atoms with Gasteiger partial charge in [-0.3, -0.25) is 0 Å². The van der Waals surface area contributed by atoms with E-state index in [9.17, 15) is 26.3 Å². The smallest absolute Gasteiger partial charge is 0.306 e. The molecule has 1 aliphatic rings. The molecule has 3 rings (SSSR count). The van der Waals surface area contributed by atoms with Crippen LogP contribution in [0.4, 0.5) is 26.3 Å². The zero-order chi connectivity index (χ0) is 22.6. The number of nitrogens with zero attached hydrogens (tertiary/aromatic N) is 1. The van der Waals surface area contributed by atoms with Gasteiger partial charge < -0.3 is 4.90 Å². The standard InChI is InChI=1S/C24H27F6N/c1-31(15-13-17-6-3-2-4-7-17)14-5-8-18-9-11-19(12-10-18)20-16-21(23(25,26)27)22(20)24(28,29)30/h2-4,6-7,9-12,20-22H,5,8,13-16H2,1H3. The van der Waals surface area contributed by atoms with E-state index in [2.05, 4.69) is 24.1 Å². The van der Waals surface area contributed by atoms with Crippen LogP contribution in [0.1, 0.15) is 35.4 Å². The van der Waals surface area contributed by atoms with Gasteiger partial charge in [-0.2, -0.15) is 26.3 Å². The third-order valence-corrected chi connectivity index (χ3v) is 6.21. The summed E-state index contributed by atoms with van der Waals surface area (Å²) in [6.07, 6.45) is -7.54. The maximum Gasteiger partial charge on any atom is 0.393 e. The molecule has 1 fully saturated rings. The molecule has 0 amide bonds. The van der Waals surface area contributed by atoms with Crippen molar-refractivity contribution in [3.8, 4) is 0 Å². The summed E-state index contributed by atoms with van der Waals surface area (Å²) in [6.45, 7) is 1.82. The van der Waals surface area contributed by atoms with E-state index in [4.69, 9.17) is 0 Å². The molecule has 31 heavy (non-hydrogen) atoms. The van der Waals surface area contributed by atoms with Crippen LogP contribution in [0.2, 0.25) is 0 Å². The Morgan fingerprint density at radius 1 is 0.774 bits per heavy atom. The summed E-state index contributed by atoms with van der Waals surface area (Å²) < 4.78 is 78.3. The summed E-state index contributed by atoms with van der Waals surface area (Å²) in [5.74, 6) is -5.77. The van der Waals surface area contributed by atoms with Crippen LogP contribution in [0.15, 0.2) is 54.6 Å². The molecule has 3 atom stereocenters. The molecule has 0 heterocycles. The van der Waals surface area contributed by atoms with Gasteiger partial charge in [0.2, 0.25) is 0 Å². The summed E-state index contributed by atoms with van der Waals surface area (Å²) in [7, 11) is 2.05. The van der Waals surface area contributed by atoms with Crippen LogP contribution in [0.25, 0.3) is 0 Å². The molecule has 1 aliphatic carbocycles. The van der Waals surface area contributed by atoms with Crippen LogP contribution in [0, 0.1) is 11.8 Å². The molecule has 0 aliphatic heterocycles. The largest absolute Gasteiger partial charge is 0.393 e. The number of benzene rings is 2. The van der Waals surface area contributed by atoms with E-state index in [1.807, 2.05) is 18.2 Å². The fourth-order valence-electron chi connectivity index (χ4n) is 4.35. The van der Waals surface area contributed by atoms with E-state index >= 15 is 0 Å².